The molecule has 0 amide bonds. The summed E-state index contributed by atoms with van der Waals surface area (Å²) >= 11 is 3.36. The van der Waals surface area contributed by atoms with Gasteiger partial charge in [-0.05, 0) is 11.9 Å². The Hall–Kier alpha value is -0.130. The third kappa shape index (κ3) is 1.16. The second-order valence-electron chi connectivity index (χ2n) is 1.88. The number of amidine groups is 1. The van der Waals surface area contributed by atoms with Gasteiger partial charge in [0, 0.05) is 17.4 Å². The summed E-state index contributed by atoms with van der Waals surface area (Å²) in [4.78, 5) is 7.38. The van der Waals surface area contributed by atoms with Crippen LogP contribution in [0, 0.1) is 0 Å². The highest BCUT2D eigenvalue weighted by molar-refractivity contribution is 8.14. The van der Waals surface area contributed by atoms with Gasteiger partial charge in [0.05, 0.1) is 6.54 Å². The number of hydrazine groups is 1. The van der Waals surface area contributed by atoms with Crippen molar-refractivity contribution in [3.05, 3.63) is 11.6 Å². The first-order chi connectivity index (χ1) is 4.97. The van der Waals surface area contributed by atoms with Crippen molar-refractivity contribution in [2.24, 2.45) is 4.99 Å². The van der Waals surface area contributed by atoms with Gasteiger partial charge in [0.1, 0.15) is 0 Å². The topological polar surface area (TPSA) is 27.6 Å². The molecule has 0 atom stereocenters. The van der Waals surface area contributed by atoms with Gasteiger partial charge in [-0.25, -0.2) is 0 Å². The zero-order chi connectivity index (χ0) is 6.81. The lowest BCUT2D eigenvalue weighted by atomic mass is 10.8. The Bertz CT molecular complexity index is 189. The average Bonchev–Trinajstić information content (AvgIpc) is 2.59. The molecular weight excluding hydrogens is 166 g/mol. The van der Waals surface area contributed by atoms with Gasteiger partial charge in [0.25, 0.3) is 0 Å². The second kappa shape index (κ2) is 2.86. The summed E-state index contributed by atoms with van der Waals surface area (Å²) in [7, 11) is 0. The first kappa shape index (κ1) is 6.57. The Labute approximate surface area is 68.1 Å². The molecule has 10 heavy (non-hydrogen) atoms. The van der Waals surface area contributed by atoms with Gasteiger partial charge < -0.3 is 0 Å². The van der Waals surface area contributed by atoms with Gasteiger partial charge in [-0.15, -0.1) is 0 Å². The predicted molar refractivity (Wildman–Crippen MR) is 46.5 cm³/mol. The number of aliphatic imine (C=N–C) groups is 1. The largest absolute Gasteiger partial charge is 0.260 e. The fourth-order valence-electron chi connectivity index (χ4n) is 0.781. The molecule has 0 spiro atoms. The molecule has 0 unspecified atom stereocenters. The molecule has 2 rings (SSSR count). The molecule has 5 heteroatoms. The predicted octanol–water partition coefficient (Wildman–Crippen LogP) is 1.03. The minimum absolute atomic E-state index is 0.955. The van der Waals surface area contributed by atoms with Crippen LogP contribution in [0.1, 0.15) is 0 Å². The van der Waals surface area contributed by atoms with Crippen LogP contribution in [0.5, 0.6) is 0 Å². The number of hydrogen-bond donors (Lipinski definition) is 1. The lowest BCUT2D eigenvalue weighted by Crippen LogP contribution is -2.27. The van der Waals surface area contributed by atoms with E-state index in [2.05, 4.69) is 9.82 Å². The molecule has 2 aliphatic heterocycles. The van der Waals surface area contributed by atoms with Crippen LogP contribution in [0.15, 0.2) is 16.6 Å². The molecule has 0 fully saturated rings. The Morgan fingerprint density at radius 1 is 1.70 bits per heavy atom. The third-order valence-electron chi connectivity index (χ3n) is 1.20. The quantitative estimate of drug-likeness (QED) is 0.554. The van der Waals surface area contributed by atoms with Crippen molar-refractivity contribution in [2.45, 2.75) is 0 Å². The molecule has 0 aromatic carbocycles. The summed E-state index contributed by atoms with van der Waals surface area (Å²) in [5.74, 6) is 1.12. The zero-order valence-corrected chi connectivity index (χ0v) is 6.91. The molecule has 0 aromatic heterocycles. The van der Waals surface area contributed by atoms with Gasteiger partial charge in [-0.3, -0.25) is 10.0 Å². The van der Waals surface area contributed by atoms with E-state index in [1.807, 2.05) is 16.6 Å². The van der Waals surface area contributed by atoms with E-state index in [0.29, 0.717) is 0 Å². The van der Waals surface area contributed by atoms with Crippen LogP contribution in [0.25, 0.3) is 0 Å². The Balaban J connectivity index is 2.04. The van der Waals surface area contributed by atoms with Crippen molar-refractivity contribution in [3.8, 4) is 0 Å². The molecule has 2 heterocycles. The first-order valence-corrected chi connectivity index (χ1v) is 4.88. The van der Waals surface area contributed by atoms with E-state index in [9.17, 15) is 0 Å². The van der Waals surface area contributed by atoms with E-state index in [1.54, 1.807) is 23.7 Å². The number of hydrogen-bond acceptors (Lipinski definition) is 5. The Morgan fingerprint density at radius 3 is 3.30 bits per heavy atom. The maximum atomic E-state index is 4.30. The van der Waals surface area contributed by atoms with Gasteiger partial charge in [0.2, 0.25) is 0 Å². The van der Waals surface area contributed by atoms with Crippen molar-refractivity contribution in [1.29, 1.82) is 0 Å². The Morgan fingerprint density at radius 2 is 2.70 bits per heavy atom. The molecule has 54 valence electrons. The third-order valence-corrected chi connectivity index (χ3v) is 2.74. The SMILES string of the molecule is C1=CN(C2=NCCS2)NS1. The van der Waals surface area contributed by atoms with E-state index in [1.165, 1.54) is 0 Å². The monoisotopic (exact) mass is 173 g/mol. The maximum Gasteiger partial charge on any atom is 0.178 e. The van der Waals surface area contributed by atoms with Crippen molar-refractivity contribution in [3.63, 3.8) is 0 Å². The molecule has 0 aromatic rings. The lowest BCUT2D eigenvalue weighted by Gasteiger charge is -2.12. The number of nitrogens with zero attached hydrogens (tertiary/aromatic N) is 2. The average molecular weight is 173 g/mol. The van der Waals surface area contributed by atoms with Crippen LogP contribution >= 0.6 is 23.7 Å². The van der Waals surface area contributed by atoms with Crippen LogP contribution < -0.4 is 4.83 Å². The normalized spacial score (nSPS) is 24.0. The summed E-state index contributed by atoms with van der Waals surface area (Å²) in [5, 5.41) is 5.03. The van der Waals surface area contributed by atoms with E-state index < -0.39 is 0 Å². The van der Waals surface area contributed by atoms with Crippen LogP contribution in [-0.4, -0.2) is 22.5 Å². The van der Waals surface area contributed by atoms with Gasteiger partial charge in [-0.1, -0.05) is 11.8 Å². The standard InChI is InChI=1S/C5H7N3S2/c1-3-9-5(6-1)8-2-4-10-7-8/h2,4,7H,1,3H2. The number of nitrogens with one attached hydrogen (secondary N) is 1. The minimum atomic E-state index is 0.955. The summed E-state index contributed by atoms with van der Waals surface area (Å²) in [6.45, 7) is 0.955. The van der Waals surface area contributed by atoms with Crippen molar-refractivity contribution >= 4 is 28.9 Å². The highest BCUT2D eigenvalue weighted by atomic mass is 32.2. The van der Waals surface area contributed by atoms with E-state index in [4.69, 9.17) is 0 Å². The van der Waals surface area contributed by atoms with E-state index >= 15 is 0 Å². The van der Waals surface area contributed by atoms with Gasteiger partial charge >= 0.3 is 0 Å². The second-order valence-corrected chi connectivity index (χ2v) is 3.63. The van der Waals surface area contributed by atoms with Crippen molar-refractivity contribution in [2.75, 3.05) is 12.3 Å². The summed E-state index contributed by atoms with van der Waals surface area (Å²) in [6.07, 6.45) is 1.99. The zero-order valence-electron chi connectivity index (χ0n) is 5.28. The molecular formula is C5H7N3S2. The highest BCUT2D eigenvalue weighted by Crippen LogP contribution is 2.19. The first-order valence-electron chi connectivity index (χ1n) is 3.01. The van der Waals surface area contributed by atoms with Gasteiger partial charge in [0.15, 0.2) is 5.17 Å². The summed E-state index contributed by atoms with van der Waals surface area (Å²) in [6, 6.07) is 0. The van der Waals surface area contributed by atoms with Crippen LogP contribution in [0.4, 0.5) is 0 Å². The number of thioether (sulfide) groups is 1. The van der Waals surface area contributed by atoms with Crippen molar-refractivity contribution < 1.29 is 0 Å². The molecule has 2 aliphatic rings. The smallest absolute Gasteiger partial charge is 0.178 e. The molecule has 1 N–H and O–H groups in total. The molecule has 0 bridgehead atoms. The number of rotatable bonds is 0. The van der Waals surface area contributed by atoms with Crippen LogP contribution in [0.3, 0.4) is 0 Å². The summed E-state index contributed by atoms with van der Waals surface area (Å²) in [5.41, 5.74) is 0. The van der Waals surface area contributed by atoms with Crippen LogP contribution in [-0.2, 0) is 0 Å². The van der Waals surface area contributed by atoms with E-state index in [0.717, 1.165) is 17.5 Å². The fourth-order valence-corrected chi connectivity index (χ4v) is 2.14. The highest BCUT2D eigenvalue weighted by Gasteiger charge is 2.15. The van der Waals surface area contributed by atoms with E-state index in [-0.39, 0.29) is 0 Å². The van der Waals surface area contributed by atoms with Crippen molar-refractivity contribution in [1.82, 2.24) is 9.84 Å². The van der Waals surface area contributed by atoms with Crippen LogP contribution in [0.2, 0.25) is 0 Å². The molecule has 3 nitrogen and oxygen atoms in total. The Kier molecular flexibility index (Phi) is 1.88. The molecule has 0 saturated heterocycles. The molecule has 0 radical (unpaired) electrons. The minimum Gasteiger partial charge on any atom is -0.260 e. The lowest BCUT2D eigenvalue weighted by molar-refractivity contribution is 0.560. The van der Waals surface area contributed by atoms with Gasteiger partial charge in [-0.2, -0.15) is 4.83 Å². The maximum absolute atomic E-state index is 4.30. The molecule has 0 aliphatic carbocycles. The molecule has 0 saturated carbocycles. The summed E-state index contributed by atoms with van der Waals surface area (Å²) < 4.78 is 0. The fraction of sp³-hybridized carbons (Fsp3) is 0.400.